The zero-order valence-electron chi connectivity index (χ0n) is 12.5. The molecule has 1 aliphatic rings. The quantitative estimate of drug-likeness (QED) is 0.659. The van der Waals surface area contributed by atoms with E-state index in [1.807, 2.05) is 24.3 Å². The third-order valence-electron chi connectivity index (χ3n) is 3.69. The summed E-state index contributed by atoms with van der Waals surface area (Å²) in [6.45, 7) is 4.10. The smallest absolute Gasteiger partial charge is 0.119 e. The fraction of sp³-hybridized carbons (Fsp3) is 0.625. The van der Waals surface area contributed by atoms with E-state index in [4.69, 9.17) is 9.47 Å². The molecule has 0 bridgehead atoms. The fourth-order valence-corrected chi connectivity index (χ4v) is 2.28. The van der Waals surface area contributed by atoms with E-state index in [2.05, 4.69) is 12.2 Å². The van der Waals surface area contributed by atoms with Crippen LogP contribution in [0.25, 0.3) is 0 Å². The first-order valence-corrected chi connectivity index (χ1v) is 7.52. The molecule has 0 radical (unpaired) electrons. The molecule has 3 N–H and O–H groups in total. The standard InChI is InChI=1S/C16H25NO4/c1-2-13-3-5-15(6-4-13)21-10-14(18)9-17-11-16(19)7-8-20-12-16/h3-6,14,17-19H,2,7-12H2,1H3. The van der Waals surface area contributed by atoms with Gasteiger partial charge in [0.15, 0.2) is 0 Å². The molecule has 2 unspecified atom stereocenters. The molecular formula is C16H25NO4. The molecule has 0 amide bonds. The average Bonchev–Trinajstić information content (AvgIpc) is 2.92. The van der Waals surface area contributed by atoms with E-state index in [0.29, 0.717) is 32.7 Å². The Morgan fingerprint density at radius 1 is 1.38 bits per heavy atom. The van der Waals surface area contributed by atoms with Crippen LogP contribution in [0, 0.1) is 0 Å². The lowest BCUT2D eigenvalue weighted by atomic mass is 10.0. The Morgan fingerprint density at radius 2 is 2.14 bits per heavy atom. The number of aryl methyl sites for hydroxylation is 1. The largest absolute Gasteiger partial charge is 0.491 e. The maximum atomic E-state index is 10.1. The molecule has 1 aromatic carbocycles. The van der Waals surface area contributed by atoms with Crippen molar-refractivity contribution in [3.05, 3.63) is 29.8 Å². The fourth-order valence-electron chi connectivity index (χ4n) is 2.28. The maximum Gasteiger partial charge on any atom is 0.119 e. The van der Waals surface area contributed by atoms with E-state index >= 15 is 0 Å². The van der Waals surface area contributed by atoms with Crippen LogP contribution in [0.4, 0.5) is 0 Å². The Labute approximate surface area is 125 Å². The van der Waals surface area contributed by atoms with Crippen molar-refractivity contribution in [2.75, 3.05) is 32.9 Å². The summed E-state index contributed by atoms with van der Waals surface area (Å²) in [5.41, 5.74) is 0.466. The van der Waals surface area contributed by atoms with Gasteiger partial charge in [-0.15, -0.1) is 0 Å². The van der Waals surface area contributed by atoms with Crippen LogP contribution in [0.15, 0.2) is 24.3 Å². The lowest BCUT2D eigenvalue weighted by Gasteiger charge is -2.22. The molecule has 1 saturated heterocycles. The first-order valence-electron chi connectivity index (χ1n) is 7.52. The number of benzene rings is 1. The molecule has 0 saturated carbocycles. The first kappa shape index (κ1) is 16.2. The average molecular weight is 295 g/mol. The van der Waals surface area contributed by atoms with Gasteiger partial charge in [-0.3, -0.25) is 0 Å². The van der Waals surface area contributed by atoms with Gasteiger partial charge in [-0.1, -0.05) is 19.1 Å². The van der Waals surface area contributed by atoms with Crippen LogP contribution in [-0.4, -0.2) is 54.8 Å². The number of hydrogen-bond acceptors (Lipinski definition) is 5. The zero-order valence-corrected chi connectivity index (χ0v) is 12.5. The molecule has 118 valence electrons. The van der Waals surface area contributed by atoms with Crippen LogP contribution < -0.4 is 10.1 Å². The molecule has 1 heterocycles. The molecular weight excluding hydrogens is 270 g/mol. The lowest BCUT2D eigenvalue weighted by molar-refractivity contribution is 0.0226. The second-order valence-corrected chi connectivity index (χ2v) is 5.62. The summed E-state index contributed by atoms with van der Waals surface area (Å²) < 4.78 is 10.7. The minimum absolute atomic E-state index is 0.230. The van der Waals surface area contributed by atoms with Gasteiger partial charge >= 0.3 is 0 Å². The molecule has 0 spiro atoms. The van der Waals surface area contributed by atoms with E-state index in [9.17, 15) is 10.2 Å². The number of hydrogen-bond donors (Lipinski definition) is 3. The van der Waals surface area contributed by atoms with Gasteiger partial charge in [-0.2, -0.15) is 0 Å². The van der Waals surface area contributed by atoms with E-state index < -0.39 is 11.7 Å². The highest BCUT2D eigenvalue weighted by Crippen LogP contribution is 2.17. The molecule has 2 rings (SSSR count). The van der Waals surface area contributed by atoms with Crippen molar-refractivity contribution >= 4 is 0 Å². The lowest BCUT2D eigenvalue weighted by Crippen LogP contribution is -2.44. The number of ether oxygens (including phenoxy) is 2. The zero-order chi connectivity index (χ0) is 15.1. The van der Waals surface area contributed by atoms with Crippen molar-refractivity contribution in [3.63, 3.8) is 0 Å². The van der Waals surface area contributed by atoms with Crippen LogP contribution in [0.5, 0.6) is 5.75 Å². The summed E-state index contributed by atoms with van der Waals surface area (Å²) >= 11 is 0. The van der Waals surface area contributed by atoms with Gasteiger partial charge in [0, 0.05) is 26.1 Å². The van der Waals surface area contributed by atoms with Gasteiger partial charge in [-0.25, -0.2) is 0 Å². The highest BCUT2D eigenvalue weighted by atomic mass is 16.5. The molecule has 1 fully saturated rings. The molecule has 0 aromatic heterocycles. The Kier molecular flexibility index (Phi) is 5.99. The van der Waals surface area contributed by atoms with Crippen molar-refractivity contribution in [1.82, 2.24) is 5.32 Å². The van der Waals surface area contributed by atoms with E-state index in [-0.39, 0.29) is 6.61 Å². The number of aliphatic hydroxyl groups excluding tert-OH is 1. The summed E-state index contributed by atoms with van der Waals surface area (Å²) in [5, 5.41) is 23.0. The Balaban J connectivity index is 1.63. The first-order chi connectivity index (χ1) is 10.1. The number of nitrogens with one attached hydrogen (secondary N) is 1. The van der Waals surface area contributed by atoms with Gasteiger partial charge < -0.3 is 25.0 Å². The predicted octanol–water partition coefficient (Wildman–Crippen LogP) is 0.730. The monoisotopic (exact) mass is 295 g/mol. The van der Waals surface area contributed by atoms with Gasteiger partial charge in [0.2, 0.25) is 0 Å². The summed E-state index contributed by atoms with van der Waals surface area (Å²) in [7, 11) is 0. The molecule has 1 aliphatic heterocycles. The van der Waals surface area contributed by atoms with Crippen LogP contribution in [0.2, 0.25) is 0 Å². The third kappa shape index (κ3) is 5.28. The Hall–Kier alpha value is -1.14. The van der Waals surface area contributed by atoms with Crippen LogP contribution in [0.3, 0.4) is 0 Å². The predicted molar refractivity (Wildman–Crippen MR) is 80.6 cm³/mol. The molecule has 2 atom stereocenters. The van der Waals surface area contributed by atoms with Crippen LogP contribution >= 0.6 is 0 Å². The summed E-state index contributed by atoms with van der Waals surface area (Å²) in [6.07, 6.45) is 1.03. The molecule has 0 aliphatic carbocycles. The second-order valence-electron chi connectivity index (χ2n) is 5.62. The number of rotatable bonds is 8. The molecule has 21 heavy (non-hydrogen) atoms. The SMILES string of the molecule is CCc1ccc(OCC(O)CNCC2(O)CCOC2)cc1. The van der Waals surface area contributed by atoms with Crippen molar-refractivity contribution in [1.29, 1.82) is 0 Å². The third-order valence-corrected chi connectivity index (χ3v) is 3.69. The van der Waals surface area contributed by atoms with Crippen molar-refractivity contribution in [2.45, 2.75) is 31.5 Å². The highest BCUT2D eigenvalue weighted by molar-refractivity contribution is 5.27. The van der Waals surface area contributed by atoms with Gasteiger partial charge in [0.1, 0.15) is 24.1 Å². The van der Waals surface area contributed by atoms with Crippen molar-refractivity contribution < 1.29 is 19.7 Å². The van der Waals surface area contributed by atoms with Crippen LogP contribution in [0.1, 0.15) is 18.9 Å². The maximum absolute atomic E-state index is 10.1. The Morgan fingerprint density at radius 3 is 2.76 bits per heavy atom. The Bertz CT molecular complexity index is 415. The van der Waals surface area contributed by atoms with Crippen LogP contribution in [-0.2, 0) is 11.2 Å². The summed E-state index contributed by atoms with van der Waals surface area (Å²) in [5.74, 6) is 0.758. The van der Waals surface area contributed by atoms with Gasteiger partial charge in [0.05, 0.1) is 6.61 Å². The summed E-state index contributed by atoms with van der Waals surface area (Å²) in [6, 6.07) is 7.88. The topological polar surface area (TPSA) is 71.0 Å². The van der Waals surface area contributed by atoms with Gasteiger partial charge in [0.25, 0.3) is 0 Å². The van der Waals surface area contributed by atoms with Crippen molar-refractivity contribution in [3.8, 4) is 5.75 Å². The van der Waals surface area contributed by atoms with E-state index in [0.717, 1.165) is 12.2 Å². The molecule has 1 aromatic rings. The number of aliphatic hydroxyl groups is 2. The highest BCUT2D eigenvalue weighted by Gasteiger charge is 2.31. The van der Waals surface area contributed by atoms with Gasteiger partial charge in [-0.05, 0) is 24.1 Å². The minimum atomic E-state index is -0.795. The van der Waals surface area contributed by atoms with Crippen molar-refractivity contribution in [2.24, 2.45) is 0 Å². The molecule has 5 heteroatoms. The van der Waals surface area contributed by atoms with E-state index in [1.54, 1.807) is 0 Å². The summed E-state index contributed by atoms with van der Waals surface area (Å²) in [4.78, 5) is 0. The molecule has 5 nitrogen and oxygen atoms in total. The second kappa shape index (κ2) is 7.75. The normalized spacial score (nSPS) is 23.2. The van der Waals surface area contributed by atoms with E-state index in [1.165, 1.54) is 5.56 Å². The minimum Gasteiger partial charge on any atom is -0.491 e.